The second-order valence-electron chi connectivity index (χ2n) is 6.23. The van der Waals surface area contributed by atoms with Gasteiger partial charge in [-0.1, -0.05) is 29.8 Å². The minimum absolute atomic E-state index is 0.0623. The van der Waals surface area contributed by atoms with Crippen molar-refractivity contribution in [2.24, 2.45) is 0 Å². The number of aromatic nitrogens is 2. The van der Waals surface area contributed by atoms with E-state index in [-0.39, 0.29) is 5.91 Å². The molecule has 4 nitrogen and oxygen atoms in total. The lowest BCUT2D eigenvalue weighted by Crippen LogP contribution is -2.26. The van der Waals surface area contributed by atoms with Gasteiger partial charge in [-0.3, -0.25) is 14.8 Å². The summed E-state index contributed by atoms with van der Waals surface area (Å²) < 4.78 is 0. The van der Waals surface area contributed by atoms with E-state index in [9.17, 15) is 4.79 Å². The van der Waals surface area contributed by atoms with Gasteiger partial charge in [-0.25, -0.2) is 0 Å². The van der Waals surface area contributed by atoms with Gasteiger partial charge in [0.05, 0.1) is 24.3 Å². The fourth-order valence-electron chi connectivity index (χ4n) is 3.11. The van der Waals surface area contributed by atoms with Gasteiger partial charge in [-0.15, -0.1) is 0 Å². The molecule has 1 aromatic carbocycles. The van der Waals surface area contributed by atoms with Crippen molar-refractivity contribution in [1.82, 2.24) is 9.97 Å². The molecule has 0 atom stereocenters. The van der Waals surface area contributed by atoms with E-state index in [0.717, 1.165) is 33.6 Å². The van der Waals surface area contributed by atoms with E-state index < -0.39 is 0 Å². The smallest absolute Gasteiger partial charge is 0.233 e. The third-order valence-electron chi connectivity index (χ3n) is 4.29. The highest BCUT2D eigenvalue weighted by Gasteiger charge is 2.29. The molecule has 0 N–H and O–H groups in total. The van der Waals surface area contributed by atoms with Gasteiger partial charge in [0.1, 0.15) is 0 Å². The van der Waals surface area contributed by atoms with Crippen molar-refractivity contribution in [3.63, 3.8) is 0 Å². The highest BCUT2D eigenvalue weighted by molar-refractivity contribution is 6.30. The Morgan fingerprint density at radius 3 is 2.80 bits per heavy atom. The van der Waals surface area contributed by atoms with E-state index in [4.69, 9.17) is 11.6 Å². The van der Waals surface area contributed by atoms with Gasteiger partial charge >= 0.3 is 0 Å². The number of carbonyl (C=O) groups excluding carboxylic acids is 1. The minimum atomic E-state index is 0.0623. The van der Waals surface area contributed by atoms with Gasteiger partial charge in [0, 0.05) is 29.2 Å². The summed E-state index contributed by atoms with van der Waals surface area (Å²) in [4.78, 5) is 23.0. The molecular weight excluding hydrogens is 334 g/mol. The van der Waals surface area contributed by atoms with E-state index in [1.54, 1.807) is 17.3 Å². The van der Waals surface area contributed by atoms with E-state index in [0.29, 0.717) is 18.0 Å². The topological polar surface area (TPSA) is 46.1 Å². The Bertz CT molecular complexity index is 971. The van der Waals surface area contributed by atoms with Crippen LogP contribution in [0.3, 0.4) is 0 Å². The predicted molar refractivity (Wildman–Crippen MR) is 98.6 cm³/mol. The number of anilines is 1. The molecule has 4 rings (SSSR count). The maximum atomic E-state index is 12.5. The van der Waals surface area contributed by atoms with Crippen LogP contribution in [0, 0.1) is 6.92 Å². The molecule has 3 aromatic rings. The van der Waals surface area contributed by atoms with Gasteiger partial charge in [0.15, 0.2) is 0 Å². The van der Waals surface area contributed by atoms with Crippen LogP contribution >= 0.6 is 11.6 Å². The number of nitrogens with zero attached hydrogens (tertiary/aromatic N) is 3. The molecule has 0 spiro atoms. The molecule has 0 fully saturated rings. The SMILES string of the molecule is Cc1cncc(CN2C(=O)Cc3ncc(-c4cccc(Cl)c4)cc32)c1. The molecule has 1 aliphatic rings. The molecule has 25 heavy (non-hydrogen) atoms. The standard InChI is InChI=1S/C20H16ClN3O/c1-13-5-14(10-22-9-13)12-24-19-7-16(11-23-18(19)8-20(24)25)15-3-2-4-17(21)6-15/h2-7,9-11H,8,12H2,1H3. The van der Waals surface area contributed by atoms with Crippen LogP contribution < -0.4 is 4.90 Å². The third kappa shape index (κ3) is 3.13. The van der Waals surface area contributed by atoms with Crippen molar-refractivity contribution in [1.29, 1.82) is 0 Å². The van der Waals surface area contributed by atoms with Gasteiger partial charge in [-0.2, -0.15) is 0 Å². The lowest BCUT2D eigenvalue weighted by molar-refractivity contribution is -0.117. The molecule has 2 aromatic heterocycles. The number of hydrogen-bond donors (Lipinski definition) is 0. The van der Waals surface area contributed by atoms with E-state index in [1.165, 1.54) is 0 Å². The van der Waals surface area contributed by atoms with E-state index >= 15 is 0 Å². The normalized spacial score (nSPS) is 13.2. The highest BCUT2D eigenvalue weighted by Crippen LogP contribution is 2.33. The number of rotatable bonds is 3. The van der Waals surface area contributed by atoms with Crippen LogP contribution in [0.4, 0.5) is 5.69 Å². The van der Waals surface area contributed by atoms with Crippen molar-refractivity contribution in [3.05, 3.63) is 76.8 Å². The summed E-state index contributed by atoms with van der Waals surface area (Å²) in [5.74, 6) is 0.0623. The van der Waals surface area contributed by atoms with Crippen LogP contribution in [-0.4, -0.2) is 15.9 Å². The first-order valence-electron chi connectivity index (χ1n) is 8.06. The summed E-state index contributed by atoms with van der Waals surface area (Å²) >= 11 is 6.09. The molecule has 0 unspecified atom stereocenters. The number of hydrogen-bond acceptors (Lipinski definition) is 3. The summed E-state index contributed by atoms with van der Waals surface area (Å²) in [7, 11) is 0. The molecule has 0 radical (unpaired) electrons. The molecule has 0 saturated carbocycles. The van der Waals surface area contributed by atoms with Crippen LogP contribution in [0.2, 0.25) is 5.02 Å². The van der Waals surface area contributed by atoms with Crippen molar-refractivity contribution >= 4 is 23.2 Å². The Balaban J connectivity index is 1.71. The molecule has 0 bridgehead atoms. The number of pyridine rings is 2. The van der Waals surface area contributed by atoms with Crippen molar-refractivity contribution in [2.75, 3.05) is 4.90 Å². The average Bonchev–Trinajstić information content (AvgIpc) is 2.90. The Hall–Kier alpha value is -2.72. The number of aryl methyl sites for hydroxylation is 1. The lowest BCUT2D eigenvalue weighted by Gasteiger charge is -2.18. The Kier molecular flexibility index (Phi) is 3.98. The van der Waals surface area contributed by atoms with Crippen molar-refractivity contribution in [3.8, 4) is 11.1 Å². The molecule has 1 aliphatic heterocycles. The second-order valence-corrected chi connectivity index (χ2v) is 6.66. The molecular formula is C20H16ClN3O. The Morgan fingerprint density at radius 1 is 1.12 bits per heavy atom. The number of benzene rings is 1. The van der Waals surface area contributed by atoms with Crippen LogP contribution in [0.5, 0.6) is 0 Å². The quantitative estimate of drug-likeness (QED) is 0.712. The van der Waals surface area contributed by atoms with Crippen molar-refractivity contribution in [2.45, 2.75) is 19.9 Å². The van der Waals surface area contributed by atoms with Crippen LogP contribution in [0.1, 0.15) is 16.8 Å². The summed E-state index contributed by atoms with van der Waals surface area (Å²) in [5.41, 5.74) is 5.70. The summed E-state index contributed by atoms with van der Waals surface area (Å²) in [6.07, 6.45) is 5.74. The monoisotopic (exact) mass is 349 g/mol. The van der Waals surface area contributed by atoms with Gasteiger partial charge in [-0.05, 0) is 41.8 Å². The molecule has 5 heteroatoms. The third-order valence-corrected chi connectivity index (χ3v) is 4.52. The number of amides is 1. The predicted octanol–water partition coefficient (Wildman–Crippen LogP) is 4.19. The average molecular weight is 350 g/mol. The zero-order valence-corrected chi connectivity index (χ0v) is 14.5. The zero-order chi connectivity index (χ0) is 17.4. The van der Waals surface area contributed by atoms with Gasteiger partial charge in [0.25, 0.3) is 0 Å². The Labute approximate surface area is 151 Å². The fourth-order valence-corrected chi connectivity index (χ4v) is 3.30. The lowest BCUT2D eigenvalue weighted by atomic mass is 10.1. The molecule has 0 aliphatic carbocycles. The van der Waals surface area contributed by atoms with Gasteiger partial charge < -0.3 is 4.90 Å². The first-order valence-corrected chi connectivity index (χ1v) is 8.44. The van der Waals surface area contributed by atoms with Gasteiger partial charge in [0.2, 0.25) is 5.91 Å². The van der Waals surface area contributed by atoms with Crippen LogP contribution in [0.25, 0.3) is 11.1 Å². The molecule has 3 heterocycles. The minimum Gasteiger partial charge on any atom is -0.306 e. The summed E-state index contributed by atoms with van der Waals surface area (Å²) in [6.45, 7) is 2.50. The maximum Gasteiger partial charge on any atom is 0.233 e. The molecule has 0 saturated heterocycles. The molecule has 1 amide bonds. The largest absolute Gasteiger partial charge is 0.306 e. The highest BCUT2D eigenvalue weighted by atomic mass is 35.5. The first-order chi connectivity index (χ1) is 12.1. The summed E-state index contributed by atoms with van der Waals surface area (Å²) in [6, 6.07) is 11.7. The van der Waals surface area contributed by atoms with Crippen LogP contribution in [0.15, 0.2) is 55.0 Å². The zero-order valence-electron chi connectivity index (χ0n) is 13.7. The fraction of sp³-hybridized carbons (Fsp3) is 0.150. The molecule has 124 valence electrons. The number of carbonyl (C=O) groups is 1. The number of fused-ring (bicyclic) bond motifs is 1. The first kappa shape index (κ1) is 15.8. The van der Waals surface area contributed by atoms with Crippen molar-refractivity contribution < 1.29 is 4.79 Å². The maximum absolute atomic E-state index is 12.5. The Morgan fingerprint density at radius 2 is 2.00 bits per heavy atom. The van der Waals surface area contributed by atoms with E-state index in [2.05, 4.69) is 9.97 Å². The number of halogens is 1. The second kappa shape index (κ2) is 6.30. The van der Waals surface area contributed by atoms with Crippen LogP contribution in [-0.2, 0) is 17.8 Å². The summed E-state index contributed by atoms with van der Waals surface area (Å²) in [5, 5.41) is 0.678. The van der Waals surface area contributed by atoms with E-state index in [1.807, 2.05) is 49.5 Å².